The number of anilines is 2. The zero-order valence-corrected chi connectivity index (χ0v) is 19.5. The third kappa shape index (κ3) is 4.93. The Morgan fingerprint density at radius 3 is 2.39 bits per heavy atom. The van der Waals surface area contributed by atoms with Gasteiger partial charge in [-0.3, -0.25) is 9.78 Å². The highest BCUT2D eigenvalue weighted by molar-refractivity contribution is 5.96. The van der Waals surface area contributed by atoms with Crippen molar-refractivity contribution in [3.05, 3.63) is 53.9 Å². The van der Waals surface area contributed by atoms with E-state index in [0.717, 1.165) is 63.4 Å². The highest BCUT2D eigenvalue weighted by atomic mass is 16.2. The minimum Gasteiger partial charge on any atom is -0.367 e. The Balaban J connectivity index is 1.49. The number of likely N-dealkylation sites (N-methyl/N-ethyl adjacent to an activating group) is 1. The van der Waals surface area contributed by atoms with Crippen molar-refractivity contribution in [3.8, 4) is 0 Å². The molecule has 3 heterocycles. The summed E-state index contributed by atoms with van der Waals surface area (Å²) in [5.41, 5.74) is 4.70. The summed E-state index contributed by atoms with van der Waals surface area (Å²) in [6.07, 6.45) is 4.56. The highest BCUT2D eigenvalue weighted by Gasteiger charge is 2.31. The molecule has 5 heteroatoms. The molecule has 0 aliphatic carbocycles. The second-order valence-electron chi connectivity index (χ2n) is 10.1. The largest absolute Gasteiger partial charge is 0.367 e. The average molecular weight is 421 g/mol. The Bertz CT molecular complexity index is 894. The van der Waals surface area contributed by atoms with Crippen molar-refractivity contribution >= 4 is 17.3 Å². The molecule has 0 spiro atoms. The van der Waals surface area contributed by atoms with E-state index in [0.29, 0.717) is 0 Å². The lowest BCUT2D eigenvalue weighted by Gasteiger charge is -2.36. The van der Waals surface area contributed by atoms with Crippen molar-refractivity contribution in [1.82, 2.24) is 9.88 Å². The van der Waals surface area contributed by atoms with Crippen LogP contribution in [0.4, 0.5) is 11.4 Å². The Labute approximate surface area is 187 Å². The summed E-state index contributed by atoms with van der Waals surface area (Å²) in [6.45, 7) is 11.6. The Kier molecular flexibility index (Phi) is 6.33. The third-order valence-corrected chi connectivity index (χ3v) is 6.74. The maximum absolute atomic E-state index is 13.4. The average Bonchev–Trinajstić information content (AvgIpc) is 2.76. The van der Waals surface area contributed by atoms with Crippen molar-refractivity contribution in [2.24, 2.45) is 5.92 Å². The van der Waals surface area contributed by atoms with Gasteiger partial charge in [-0.2, -0.15) is 0 Å². The van der Waals surface area contributed by atoms with E-state index in [1.54, 1.807) is 0 Å². The molecular formula is C26H36N4O. The summed E-state index contributed by atoms with van der Waals surface area (Å²) in [4.78, 5) is 24.9. The van der Waals surface area contributed by atoms with Crippen LogP contribution in [0.5, 0.6) is 0 Å². The molecule has 1 atom stereocenters. The van der Waals surface area contributed by atoms with Crippen LogP contribution < -0.4 is 9.80 Å². The van der Waals surface area contributed by atoms with Gasteiger partial charge in [-0.1, -0.05) is 32.9 Å². The van der Waals surface area contributed by atoms with Crippen LogP contribution in [0.25, 0.3) is 0 Å². The minimum absolute atomic E-state index is 0.00263. The van der Waals surface area contributed by atoms with Crippen LogP contribution in [0.15, 0.2) is 42.6 Å². The molecule has 2 aliphatic heterocycles. The van der Waals surface area contributed by atoms with Gasteiger partial charge >= 0.3 is 0 Å². The molecule has 0 N–H and O–H groups in total. The zero-order chi connectivity index (χ0) is 22.0. The molecule has 1 unspecified atom stereocenters. The fraction of sp³-hybridized carbons (Fsp3) is 0.538. The molecule has 0 radical (unpaired) electrons. The maximum atomic E-state index is 13.4. The van der Waals surface area contributed by atoms with Crippen LogP contribution in [0, 0.1) is 5.92 Å². The molecular weight excluding hydrogens is 384 g/mol. The molecule has 2 aliphatic rings. The summed E-state index contributed by atoms with van der Waals surface area (Å²) in [6, 6.07) is 12.7. The number of aromatic nitrogens is 1. The number of benzene rings is 1. The van der Waals surface area contributed by atoms with Crippen molar-refractivity contribution in [2.45, 2.75) is 45.4 Å². The smallest absolute Gasteiger partial charge is 0.230 e. The first kappa shape index (κ1) is 21.8. The van der Waals surface area contributed by atoms with Crippen molar-refractivity contribution in [1.29, 1.82) is 0 Å². The number of rotatable bonds is 4. The van der Waals surface area contributed by atoms with E-state index in [2.05, 4.69) is 68.0 Å². The monoisotopic (exact) mass is 420 g/mol. The summed E-state index contributed by atoms with van der Waals surface area (Å²) in [5.74, 6) is 0.238. The molecule has 1 aromatic carbocycles. The fourth-order valence-corrected chi connectivity index (χ4v) is 4.69. The van der Waals surface area contributed by atoms with Gasteiger partial charge in [0.15, 0.2) is 0 Å². The van der Waals surface area contributed by atoms with E-state index in [1.807, 2.05) is 17.2 Å². The molecule has 0 saturated carbocycles. The molecule has 2 fully saturated rings. The van der Waals surface area contributed by atoms with E-state index >= 15 is 0 Å². The number of nitrogens with zero attached hydrogens (tertiary/aromatic N) is 4. The van der Waals surface area contributed by atoms with Crippen LogP contribution in [-0.4, -0.2) is 55.6 Å². The topological polar surface area (TPSA) is 39.7 Å². The van der Waals surface area contributed by atoms with E-state index in [-0.39, 0.29) is 17.2 Å². The quantitative estimate of drug-likeness (QED) is 0.746. The summed E-state index contributed by atoms with van der Waals surface area (Å²) >= 11 is 0. The second-order valence-corrected chi connectivity index (χ2v) is 10.1. The number of hydrogen-bond donors (Lipinski definition) is 0. The number of pyridine rings is 1. The lowest BCUT2D eigenvalue weighted by Crippen LogP contribution is -2.45. The van der Waals surface area contributed by atoms with E-state index in [1.165, 1.54) is 11.3 Å². The highest BCUT2D eigenvalue weighted by Crippen LogP contribution is 2.31. The Hall–Kier alpha value is -2.40. The Morgan fingerprint density at radius 1 is 1.00 bits per heavy atom. The van der Waals surface area contributed by atoms with Crippen LogP contribution in [0.1, 0.15) is 44.9 Å². The van der Waals surface area contributed by atoms with E-state index in [4.69, 9.17) is 4.98 Å². The molecule has 2 aromatic rings. The standard InChI is InChI=1S/C26H36N4O/c1-26(2,3)21-9-11-22(12-10-21)30-14-6-7-20(25(30)31)19-23-24(8-5-13-27-23)29-17-15-28(4)16-18-29/h5,8-13,20H,6-7,14-19H2,1-4H3. The van der Waals surface area contributed by atoms with Gasteiger partial charge in [0.2, 0.25) is 5.91 Å². The van der Waals surface area contributed by atoms with Gasteiger partial charge in [0.25, 0.3) is 0 Å². The number of carbonyl (C=O) groups is 1. The predicted molar refractivity (Wildman–Crippen MR) is 128 cm³/mol. The number of piperazine rings is 1. The SMILES string of the molecule is CN1CCN(c2cccnc2CC2CCCN(c3ccc(C(C)(C)C)cc3)C2=O)CC1. The second kappa shape index (κ2) is 8.99. The molecule has 5 nitrogen and oxygen atoms in total. The summed E-state index contributed by atoms with van der Waals surface area (Å²) in [5, 5.41) is 0. The van der Waals surface area contributed by atoms with E-state index < -0.39 is 0 Å². The molecule has 4 rings (SSSR count). The number of carbonyl (C=O) groups excluding carboxylic acids is 1. The van der Waals surface area contributed by atoms with E-state index in [9.17, 15) is 4.79 Å². The van der Waals surface area contributed by atoms with Gasteiger partial charge in [0, 0.05) is 56.9 Å². The van der Waals surface area contributed by atoms with Crippen LogP contribution in [-0.2, 0) is 16.6 Å². The first-order valence-electron chi connectivity index (χ1n) is 11.6. The van der Waals surface area contributed by atoms with Gasteiger partial charge in [-0.25, -0.2) is 0 Å². The summed E-state index contributed by atoms with van der Waals surface area (Å²) in [7, 11) is 2.17. The minimum atomic E-state index is -0.00263. The molecule has 1 aromatic heterocycles. The van der Waals surface area contributed by atoms with Gasteiger partial charge in [-0.05, 0) is 55.1 Å². The maximum Gasteiger partial charge on any atom is 0.230 e. The van der Waals surface area contributed by atoms with Gasteiger partial charge in [0.05, 0.1) is 11.4 Å². The van der Waals surface area contributed by atoms with Gasteiger partial charge in [0.1, 0.15) is 0 Å². The summed E-state index contributed by atoms with van der Waals surface area (Å²) < 4.78 is 0. The lowest BCUT2D eigenvalue weighted by molar-refractivity contribution is -0.123. The van der Waals surface area contributed by atoms with Crippen LogP contribution >= 0.6 is 0 Å². The van der Waals surface area contributed by atoms with Gasteiger partial charge in [-0.15, -0.1) is 0 Å². The normalized spacial score (nSPS) is 20.9. The molecule has 2 saturated heterocycles. The Morgan fingerprint density at radius 2 is 1.71 bits per heavy atom. The number of amides is 1. The van der Waals surface area contributed by atoms with Crippen molar-refractivity contribution < 1.29 is 4.79 Å². The van der Waals surface area contributed by atoms with Crippen LogP contribution in [0.2, 0.25) is 0 Å². The third-order valence-electron chi connectivity index (χ3n) is 6.74. The number of piperidine rings is 1. The molecule has 31 heavy (non-hydrogen) atoms. The first-order chi connectivity index (χ1) is 14.8. The van der Waals surface area contributed by atoms with Crippen molar-refractivity contribution in [2.75, 3.05) is 49.6 Å². The molecule has 0 bridgehead atoms. The van der Waals surface area contributed by atoms with Crippen LogP contribution in [0.3, 0.4) is 0 Å². The van der Waals surface area contributed by atoms with Crippen molar-refractivity contribution in [3.63, 3.8) is 0 Å². The first-order valence-corrected chi connectivity index (χ1v) is 11.6. The molecule has 1 amide bonds. The molecule has 166 valence electrons. The lowest BCUT2D eigenvalue weighted by atomic mass is 9.86. The predicted octanol–water partition coefficient (Wildman–Crippen LogP) is 4.12. The number of hydrogen-bond acceptors (Lipinski definition) is 4. The van der Waals surface area contributed by atoms with Gasteiger partial charge < -0.3 is 14.7 Å². The zero-order valence-electron chi connectivity index (χ0n) is 19.5. The fourth-order valence-electron chi connectivity index (χ4n) is 4.69.